The third-order valence-corrected chi connectivity index (χ3v) is 4.19. The molecule has 0 saturated carbocycles. The molecule has 27 heavy (non-hydrogen) atoms. The summed E-state index contributed by atoms with van der Waals surface area (Å²) in [5.41, 5.74) is 4.07. The fourth-order valence-corrected chi connectivity index (χ4v) is 2.85. The quantitative estimate of drug-likeness (QED) is 0.494. The van der Waals surface area contributed by atoms with E-state index in [1.807, 2.05) is 53.9 Å². The van der Waals surface area contributed by atoms with E-state index >= 15 is 0 Å². The van der Waals surface area contributed by atoms with Gasteiger partial charge in [0.25, 0.3) is 0 Å². The van der Waals surface area contributed by atoms with Crippen LogP contribution in [0.25, 0.3) is 16.9 Å². The first kappa shape index (κ1) is 16.8. The van der Waals surface area contributed by atoms with Crippen molar-refractivity contribution >= 4 is 17.2 Å². The Morgan fingerprint density at radius 2 is 1.85 bits per heavy atom. The molecular formula is C21H18N4O2. The van der Waals surface area contributed by atoms with E-state index in [9.17, 15) is 5.11 Å². The standard InChI is InChI=1S/C21H18N4O2/c1-14-9-10-25-19(11-14)22-20(15-5-3-8-18(12-15)27-2)21(25)24-23-16-6-4-7-17(26)13-16/h3-13,26H,1-2H3. The highest BCUT2D eigenvalue weighted by molar-refractivity contribution is 5.75. The van der Waals surface area contributed by atoms with Crippen LogP contribution in [0.5, 0.6) is 11.5 Å². The molecule has 0 aliphatic heterocycles. The van der Waals surface area contributed by atoms with E-state index < -0.39 is 0 Å². The van der Waals surface area contributed by atoms with Gasteiger partial charge in [-0.1, -0.05) is 18.2 Å². The van der Waals surface area contributed by atoms with Crippen LogP contribution in [0, 0.1) is 6.92 Å². The Morgan fingerprint density at radius 1 is 1.00 bits per heavy atom. The predicted molar refractivity (Wildman–Crippen MR) is 104 cm³/mol. The topological polar surface area (TPSA) is 71.5 Å². The van der Waals surface area contributed by atoms with E-state index in [-0.39, 0.29) is 5.75 Å². The highest BCUT2D eigenvalue weighted by Crippen LogP contribution is 2.34. The molecule has 0 aliphatic carbocycles. The molecule has 0 unspecified atom stereocenters. The fraction of sp³-hybridized carbons (Fsp3) is 0.0952. The number of phenols is 1. The van der Waals surface area contributed by atoms with Gasteiger partial charge in [0.05, 0.1) is 12.8 Å². The number of phenolic OH excluding ortho intramolecular Hbond substituents is 1. The molecule has 4 rings (SSSR count). The van der Waals surface area contributed by atoms with Crippen LogP contribution in [-0.4, -0.2) is 21.6 Å². The zero-order valence-electron chi connectivity index (χ0n) is 15.0. The number of aromatic nitrogens is 2. The molecule has 134 valence electrons. The summed E-state index contributed by atoms with van der Waals surface area (Å²) in [7, 11) is 1.63. The Bertz CT molecular complexity index is 1150. The van der Waals surface area contributed by atoms with E-state index in [2.05, 4.69) is 10.2 Å². The number of fused-ring (bicyclic) bond motifs is 1. The van der Waals surface area contributed by atoms with Crippen molar-refractivity contribution in [3.63, 3.8) is 0 Å². The molecule has 0 fully saturated rings. The van der Waals surface area contributed by atoms with Crippen molar-refractivity contribution in [2.75, 3.05) is 7.11 Å². The van der Waals surface area contributed by atoms with E-state index in [1.54, 1.807) is 31.4 Å². The van der Waals surface area contributed by atoms with Gasteiger partial charge in [0.1, 0.15) is 22.8 Å². The predicted octanol–water partition coefficient (Wildman–Crippen LogP) is 5.44. The van der Waals surface area contributed by atoms with Crippen molar-refractivity contribution in [3.05, 3.63) is 72.4 Å². The number of azo groups is 1. The molecule has 0 bridgehead atoms. The third-order valence-electron chi connectivity index (χ3n) is 4.19. The van der Waals surface area contributed by atoms with Crippen LogP contribution in [0.1, 0.15) is 5.56 Å². The second kappa shape index (κ2) is 6.92. The third kappa shape index (κ3) is 3.37. The monoisotopic (exact) mass is 358 g/mol. The lowest BCUT2D eigenvalue weighted by Gasteiger charge is -2.03. The normalized spacial score (nSPS) is 11.3. The highest BCUT2D eigenvalue weighted by atomic mass is 16.5. The van der Waals surface area contributed by atoms with Crippen molar-refractivity contribution in [2.45, 2.75) is 6.92 Å². The average Bonchev–Trinajstić information content (AvgIpc) is 3.04. The number of aromatic hydroxyl groups is 1. The minimum Gasteiger partial charge on any atom is -0.508 e. The molecule has 0 saturated heterocycles. The van der Waals surface area contributed by atoms with E-state index in [0.717, 1.165) is 22.5 Å². The maximum atomic E-state index is 9.63. The molecule has 2 aromatic carbocycles. The van der Waals surface area contributed by atoms with Crippen LogP contribution in [0.2, 0.25) is 0 Å². The Kier molecular flexibility index (Phi) is 4.30. The van der Waals surface area contributed by atoms with Crippen LogP contribution in [0.15, 0.2) is 77.1 Å². The molecule has 0 atom stereocenters. The molecule has 2 aromatic heterocycles. The Balaban J connectivity index is 1.88. The average molecular weight is 358 g/mol. The lowest BCUT2D eigenvalue weighted by Crippen LogP contribution is -1.85. The van der Waals surface area contributed by atoms with Crippen molar-refractivity contribution < 1.29 is 9.84 Å². The molecular weight excluding hydrogens is 340 g/mol. The van der Waals surface area contributed by atoms with E-state index in [4.69, 9.17) is 9.72 Å². The van der Waals surface area contributed by atoms with Crippen molar-refractivity contribution in [1.82, 2.24) is 9.38 Å². The molecule has 0 amide bonds. The number of benzene rings is 2. The van der Waals surface area contributed by atoms with E-state index in [1.165, 1.54) is 0 Å². The first-order chi connectivity index (χ1) is 13.1. The number of pyridine rings is 1. The SMILES string of the molecule is COc1cccc(-c2nc3cc(C)ccn3c2N=Nc2cccc(O)c2)c1. The number of ether oxygens (including phenoxy) is 1. The summed E-state index contributed by atoms with van der Waals surface area (Å²) in [6, 6.07) is 18.3. The summed E-state index contributed by atoms with van der Waals surface area (Å²) in [5, 5.41) is 18.4. The van der Waals surface area contributed by atoms with Crippen LogP contribution in [0.4, 0.5) is 11.5 Å². The summed E-state index contributed by atoms with van der Waals surface area (Å²) in [5.74, 6) is 1.51. The Labute approximate surface area is 156 Å². The largest absolute Gasteiger partial charge is 0.508 e. The van der Waals surface area contributed by atoms with Crippen LogP contribution >= 0.6 is 0 Å². The number of hydrogen-bond donors (Lipinski definition) is 1. The maximum absolute atomic E-state index is 9.63. The minimum atomic E-state index is 0.147. The molecule has 0 spiro atoms. The molecule has 0 radical (unpaired) electrons. The van der Waals surface area contributed by atoms with Gasteiger partial charge >= 0.3 is 0 Å². The summed E-state index contributed by atoms with van der Waals surface area (Å²) in [4.78, 5) is 4.75. The summed E-state index contributed by atoms with van der Waals surface area (Å²) >= 11 is 0. The molecule has 2 heterocycles. The van der Waals surface area contributed by atoms with Crippen molar-refractivity contribution in [2.24, 2.45) is 10.2 Å². The van der Waals surface area contributed by atoms with Gasteiger partial charge in [0.2, 0.25) is 0 Å². The number of imidazole rings is 1. The smallest absolute Gasteiger partial charge is 0.187 e. The first-order valence-electron chi connectivity index (χ1n) is 8.48. The lowest BCUT2D eigenvalue weighted by molar-refractivity contribution is 0.415. The lowest BCUT2D eigenvalue weighted by atomic mass is 10.1. The molecule has 0 aliphatic rings. The highest BCUT2D eigenvalue weighted by Gasteiger charge is 2.15. The zero-order chi connectivity index (χ0) is 18.8. The Hall–Kier alpha value is -3.67. The molecule has 6 nitrogen and oxygen atoms in total. The van der Waals surface area contributed by atoms with Gasteiger partial charge in [-0.2, -0.15) is 0 Å². The maximum Gasteiger partial charge on any atom is 0.187 e. The summed E-state index contributed by atoms with van der Waals surface area (Å²) < 4.78 is 7.23. The van der Waals surface area contributed by atoms with Gasteiger partial charge in [-0.3, -0.25) is 4.40 Å². The van der Waals surface area contributed by atoms with E-state index in [0.29, 0.717) is 17.2 Å². The van der Waals surface area contributed by atoms with Gasteiger partial charge in [0.15, 0.2) is 5.82 Å². The van der Waals surface area contributed by atoms with Crippen LogP contribution in [-0.2, 0) is 0 Å². The van der Waals surface area contributed by atoms with Gasteiger partial charge < -0.3 is 9.84 Å². The summed E-state index contributed by atoms with van der Waals surface area (Å²) in [6.45, 7) is 2.02. The number of aryl methyl sites for hydroxylation is 1. The van der Waals surface area contributed by atoms with Gasteiger partial charge in [-0.25, -0.2) is 4.98 Å². The van der Waals surface area contributed by atoms with Gasteiger partial charge in [0, 0.05) is 17.8 Å². The Morgan fingerprint density at radius 3 is 2.67 bits per heavy atom. The number of nitrogens with zero attached hydrogens (tertiary/aromatic N) is 4. The second-order valence-electron chi connectivity index (χ2n) is 6.17. The number of hydrogen-bond acceptors (Lipinski definition) is 5. The minimum absolute atomic E-state index is 0.147. The van der Waals surface area contributed by atoms with Gasteiger partial charge in [-0.15, -0.1) is 10.2 Å². The molecule has 1 N–H and O–H groups in total. The first-order valence-corrected chi connectivity index (χ1v) is 8.48. The van der Waals surface area contributed by atoms with Gasteiger partial charge in [-0.05, 0) is 48.9 Å². The zero-order valence-corrected chi connectivity index (χ0v) is 15.0. The van der Waals surface area contributed by atoms with Crippen LogP contribution in [0.3, 0.4) is 0 Å². The molecule has 6 heteroatoms. The second-order valence-corrected chi connectivity index (χ2v) is 6.17. The number of methoxy groups -OCH3 is 1. The summed E-state index contributed by atoms with van der Waals surface area (Å²) in [6.07, 6.45) is 1.93. The fourth-order valence-electron chi connectivity index (χ4n) is 2.85. The molecule has 4 aromatic rings. The van der Waals surface area contributed by atoms with Crippen LogP contribution < -0.4 is 4.74 Å². The van der Waals surface area contributed by atoms with Crippen molar-refractivity contribution in [3.8, 4) is 22.8 Å². The van der Waals surface area contributed by atoms with Crippen molar-refractivity contribution in [1.29, 1.82) is 0 Å². The number of rotatable bonds is 4.